The first-order valence-corrected chi connectivity index (χ1v) is 11.4. The minimum Gasteiger partial charge on any atom is -0.497 e. The number of nitrogens with zero attached hydrogens (tertiary/aromatic N) is 4. The van der Waals surface area contributed by atoms with E-state index >= 15 is 0 Å². The van der Waals surface area contributed by atoms with Crippen LogP contribution in [0.3, 0.4) is 0 Å². The molecule has 0 saturated carbocycles. The third-order valence-corrected chi connectivity index (χ3v) is 6.14. The molecule has 0 aliphatic carbocycles. The molecule has 1 atom stereocenters. The molecule has 3 heterocycles. The standard InChI is InChI=1S/C25H28N6O2/c1-15(2)18-7-6-9-19-21(18)23-29-22(16-10-12-17(33-3)13-11-16)30-31(23)25(27-19)28-20-8-4-5-14-26-24(20)32/h6-7,9-13,15,20H,4-5,8,14H2,1-3H3,(H,26,32)(H,27,28). The van der Waals surface area contributed by atoms with Crippen LogP contribution in [0.25, 0.3) is 27.9 Å². The summed E-state index contributed by atoms with van der Waals surface area (Å²) in [6, 6.07) is 13.4. The van der Waals surface area contributed by atoms with E-state index in [1.165, 1.54) is 0 Å². The minimum absolute atomic E-state index is 0.00558. The molecule has 1 aliphatic rings. The zero-order chi connectivity index (χ0) is 22.9. The van der Waals surface area contributed by atoms with Crippen LogP contribution in [0.1, 0.15) is 44.6 Å². The molecule has 8 heteroatoms. The van der Waals surface area contributed by atoms with Gasteiger partial charge in [-0.2, -0.15) is 4.52 Å². The van der Waals surface area contributed by atoms with Gasteiger partial charge in [0.25, 0.3) is 0 Å². The van der Waals surface area contributed by atoms with Gasteiger partial charge < -0.3 is 15.4 Å². The Labute approximate surface area is 192 Å². The predicted octanol–water partition coefficient (Wildman–Crippen LogP) is 4.16. The molecule has 0 bridgehead atoms. The Kier molecular flexibility index (Phi) is 5.58. The van der Waals surface area contributed by atoms with Gasteiger partial charge in [0.05, 0.1) is 12.6 Å². The number of carbonyl (C=O) groups is 1. The molecule has 2 aromatic heterocycles. The number of fused-ring (bicyclic) bond motifs is 3. The number of aromatic nitrogens is 4. The van der Waals surface area contributed by atoms with Crippen LogP contribution in [0.2, 0.25) is 0 Å². The SMILES string of the molecule is COc1ccc(-c2nc3c4c(C(C)C)cccc4nc(NC4CCCCNC4=O)n3n2)cc1. The first kappa shape index (κ1) is 21.2. The van der Waals surface area contributed by atoms with E-state index in [0.717, 1.165) is 52.7 Å². The van der Waals surface area contributed by atoms with Crippen LogP contribution in [-0.4, -0.2) is 45.2 Å². The Balaban J connectivity index is 1.70. The molecule has 1 aliphatic heterocycles. The van der Waals surface area contributed by atoms with Crippen molar-refractivity contribution in [3.8, 4) is 17.1 Å². The maximum atomic E-state index is 12.6. The third-order valence-electron chi connectivity index (χ3n) is 6.14. The Bertz CT molecular complexity index is 1310. The van der Waals surface area contributed by atoms with Crippen LogP contribution >= 0.6 is 0 Å². The predicted molar refractivity (Wildman–Crippen MR) is 129 cm³/mol. The topological polar surface area (TPSA) is 93.4 Å². The van der Waals surface area contributed by atoms with Gasteiger partial charge in [-0.25, -0.2) is 9.97 Å². The fourth-order valence-electron chi connectivity index (χ4n) is 4.35. The lowest BCUT2D eigenvalue weighted by Gasteiger charge is -2.17. The molecule has 1 unspecified atom stereocenters. The number of benzene rings is 2. The molecule has 2 aromatic carbocycles. The maximum Gasteiger partial charge on any atom is 0.242 e. The van der Waals surface area contributed by atoms with Gasteiger partial charge in [0, 0.05) is 17.5 Å². The molecule has 33 heavy (non-hydrogen) atoms. The summed E-state index contributed by atoms with van der Waals surface area (Å²) in [6.07, 6.45) is 2.70. The number of ether oxygens (including phenoxy) is 1. The summed E-state index contributed by atoms with van der Waals surface area (Å²) < 4.78 is 7.03. The van der Waals surface area contributed by atoms with E-state index in [9.17, 15) is 4.79 Å². The van der Waals surface area contributed by atoms with Gasteiger partial charge in [0.2, 0.25) is 11.9 Å². The number of amides is 1. The first-order valence-electron chi connectivity index (χ1n) is 11.4. The summed E-state index contributed by atoms with van der Waals surface area (Å²) in [4.78, 5) is 22.4. The summed E-state index contributed by atoms with van der Waals surface area (Å²) >= 11 is 0. The highest BCUT2D eigenvalue weighted by atomic mass is 16.5. The van der Waals surface area contributed by atoms with Crippen LogP contribution in [0.5, 0.6) is 5.75 Å². The van der Waals surface area contributed by atoms with Gasteiger partial charge in [-0.05, 0) is 61.1 Å². The van der Waals surface area contributed by atoms with E-state index in [0.29, 0.717) is 24.2 Å². The number of methoxy groups -OCH3 is 1. The molecule has 170 valence electrons. The average Bonchev–Trinajstić information content (AvgIpc) is 3.18. The number of carbonyl (C=O) groups excluding carboxylic acids is 1. The largest absolute Gasteiger partial charge is 0.497 e. The van der Waals surface area contributed by atoms with E-state index in [1.807, 2.05) is 36.4 Å². The van der Waals surface area contributed by atoms with Crippen molar-refractivity contribution in [2.24, 2.45) is 0 Å². The second kappa shape index (κ2) is 8.69. The molecule has 0 spiro atoms. The van der Waals surface area contributed by atoms with Gasteiger partial charge in [-0.3, -0.25) is 4.79 Å². The Morgan fingerprint density at radius 1 is 1.12 bits per heavy atom. The van der Waals surface area contributed by atoms with Gasteiger partial charge in [-0.1, -0.05) is 26.0 Å². The van der Waals surface area contributed by atoms with Gasteiger partial charge in [0.1, 0.15) is 11.8 Å². The Hall–Kier alpha value is -3.68. The van der Waals surface area contributed by atoms with Crippen molar-refractivity contribution >= 4 is 28.4 Å². The second-order valence-electron chi connectivity index (χ2n) is 8.71. The van der Waals surface area contributed by atoms with Crippen LogP contribution in [0, 0.1) is 0 Å². The van der Waals surface area contributed by atoms with E-state index in [4.69, 9.17) is 19.8 Å². The van der Waals surface area contributed by atoms with Crippen LogP contribution < -0.4 is 15.4 Å². The smallest absolute Gasteiger partial charge is 0.242 e. The minimum atomic E-state index is -0.359. The highest BCUT2D eigenvalue weighted by molar-refractivity contribution is 5.96. The van der Waals surface area contributed by atoms with Crippen LogP contribution in [0.15, 0.2) is 42.5 Å². The molecular formula is C25H28N6O2. The monoisotopic (exact) mass is 444 g/mol. The lowest BCUT2D eigenvalue weighted by Crippen LogP contribution is -2.38. The van der Waals surface area contributed by atoms with E-state index in [2.05, 4.69) is 30.5 Å². The van der Waals surface area contributed by atoms with E-state index < -0.39 is 0 Å². The summed E-state index contributed by atoms with van der Waals surface area (Å²) in [7, 11) is 1.64. The highest BCUT2D eigenvalue weighted by Crippen LogP contribution is 2.31. The van der Waals surface area contributed by atoms with Crippen molar-refractivity contribution < 1.29 is 9.53 Å². The lowest BCUT2D eigenvalue weighted by molar-refractivity contribution is -0.121. The average molecular weight is 445 g/mol. The number of hydrogen-bond donors (Lipinski definition) is 2. The molecule has 5 rings (SSSR count). The quantitative estimate of drug-likeness (QED) is 0.480. The van der Waals surface area contributed by atoms with Crippen molar-refractivity contribution in [2.75, 3.05) is 19.0 Å². The van der Waals surface area contributed by atoms with Crippen molar-refractivity contribution in [1.82, 2.24) is 24.9 Å². The summed E-state index contributed by atoms with van der Waals surface area (Å²) in [5.74, 6) is 2.19. The molecule has 1 saturated heterocycles. The summed E-state index contributed by atoms with van der Waals surface area (Å²) in [5.41, 5.74) is 3.61. The molecule has 1 amide bonds. The van der Waals surface area contributed by atoms with Crippen molar-refractivity contribution in [3.05, 3.63) is 48.0 Å². The molecule has 1 fully saturated rings. The molecule has 2 N–H and O–H groups in total. The number of hydrogen-bond acceptors (Lipinski definition) is 6. The summed E-state index contributed by atoms with van der Waals surface area (Å²) in [5, 5.41) is 12.1. The fourth-order valence-corrected chi connectivity index (χ4v) is 4.35. The summed E-state index contributed by atoms with van der Waals surface area (Å²) in [6.45, 7) is 5.03. The van der Waals surface area contributed by atoms with Crippen molar-refractivity contribution in [2.45, 2.75) is 45.1 Å². The van der Waals surface area contributed by atoms with E-state index in [1.54, 1.807) is 11.6 Å². The number of rotatable bonds is 5. The van der Waals surface area contributed by atoms with Crippen LogP contribution in [0.4, 0.5) is 5.95 Å². The fraction of sp³-hybridized carbons (Fsp3) is 0.360. The Morgan fingerprint density at radius 2 is 1.94 bits per heavy atom. The molecular weight excluding hydrogens is 416 g/mol. The maximum absolute atomic E-state index is 12.6. The van der Waals surface area contributed by atoms with Gasteiger partial charge >= 0.3 is 0 Å². The Morgan fingerprint density at radius 3 is 2.70 bits per heavy atom. The van der Waals surface area contributed by atoms with Gasteiger partial charge in [-0.15, -0.1) is 5.10 Å². The molecule has 8 nitrogen and oxygen atoms in total. The van der Waals surface area contributed by atoms with Crippen molar-refractivity contribution in [3.63, 3.8) is 0 Å². The first-order chi connectivity index (χ1) is 16.0. The lowest BCUT2D eigenvalue weighted by atomic mass is 9.99. The van der Waals surface area contributed by atoms with Crippen LogP contribution in [-0.2, 0) is 4.79 Å². The van der Waals surface area contributed by atoms with Gasteiger partial charge in [0.15, 0.2) is 11.5 Å². The normalized spacial score (nSPS) is 16.7. The molecule has 4 aromatic rings. The zero-order valence-corrected chi connectivity index (χ0v) is 19.1. The second-order valence-corrected chi connectivity index (χ2v) is 8.71. The van der Waals surface area contributed by atoms with Crippen molar-refractivity contribution in [1.29, 1.82) is 0 Å². The third kappa shape index (κ3) is 3.97. The molecule has 0 radical (unpaired) electrons. The zero-order valence-electron chi connectivity index (χ0n) is 19.1. The number of anilines is 1. The number of nitrogens with one attached hydrogen (secondary N) is 2. The van der Waals surface area contributed by atoms with E-state index in [-0.39, 0.29) is 11.9 Å². The highest BCUT2D eigenvalue weighted by Gasteiger charge is 2.24.